The zero-order valence-corrected chi connectivity index (χ0v) is 20.7. The smallest absolute Gasteiger partial charge is 0.246 e. The number of nitrogens with zero attached hydrogens (tertiary/aromatic N) is 3. The number of anilines is 1. The summed E-state index contributed by atoms with van der Waals surface area (Å²) < 4.78 is 12.6. The van der Waals surface area contributed by atoms with Gasteiger partial charge in [0, 0.05) is 30.3 Å². The van der Waals surface area contributed by atoms with Crippen LogP contribution in [0, 0.1) is 5.92 Å². The summed E-state index contributed by atoms with van der Waals surface area (Å²) in [5.41, 5.74) is 2.39. The largest absolute Gasteiger partial charge is 0.493 e. The van der Waals surface area contributed by atoms with Crippen molar-refractivity contribution >= 4 is 17.8 Å². The highest BCUT2D eigenvalue weighted by molar-refractivity contribution is 5.94. The molecule has 0 bridgehead atoms. The number of rotatable bonds is 10. The van der Waals surface area contributed by atoms with Gasteiger partial charge < -0.3 is 14.4 Å². The fraction of sp³-hybridized carbons (Fsp3) is 0.370. The second kappa shape index (κ2) is 10.6. The van der Waals surface area contributed by atoms with E-state index in [2.05, 4.69) is 5.32 Å². The minimum atomic E-state index is -0.277. The molecule has 4 rings (SSSR count). The number of hydrogen-bond acceptors (Lipinski definition) is 5. The van der Waals surface area contributed by atoms with Crippen LogP contribution in [-0.4, -0.2) is 53.1 Å². The van der Waals surface area contributed by atoms with E-state index in [1.807, 2.05) is 62.5 Å². The molecule has 0 aliphatic heterocycles. The summed E-state index contributed by atoms with van der Waals surface area (Å²) in [6.45, 7) is 4.03. The van der Waals surface area contributed by atoms with Crippen LogP contribution in [0.5, 0.6) is 11.5 Å². The van der Waals surface area contributed by atoms with Crippen molar-refractivity contribution in [2.45, 2.75) is 39.2 Å². The molecule has 2 aromatic carbocycles. The summed E-state index contributed by atoms with van der Waals surface area (Å²) in [7, 11) is 3.16. The quantitative estimate of drug-likeness (QED) is 0.465. The normalized spacial score (nSPS) is 12.9. The Morgan fingerprint density at radius 2 is 1.80 bits per heavy atom. The maximum Gasteiger partial charge on any atom is 0.246 e. The van der Waals surface area contributed by atoms with Crippen LogP contribution >= 0.6 is 0 Å². The number of nitrogens with one attached hydrogen (secondary N) is 1. The lowest BCUT2D eigenvalue weighted by molar-refractivity contribution is -0.135. The van der Waals surface area contributed by atoms with Gasteiger partial charge in [-0.15, -0.1) is 0 Å². The molecule has 0 saturated heterocycles. The number of carbonyl (C=O) groups is 2. The third-order valence-electron chi connectivity index (χ3n) is 5.88. The topological polar surface area (TPSA) is 85.7 Å². The first-order valence-electron chi connectivity index (χ1n) is 11.9. The van der Waals surface area contributed by atoms with Crippen LogP contribution in [0.1, 0.15) is 33.1 Å². The Bertz CT molecular complexity index is 1190. The van der Waals surface area contributed by atoms with E-state index in [-0.39, 0.29) is 30.3 Å². The molecule has 3 aromatic rings. The van der Waals surface area contributed by atoms with Gasteiger partial charge in [-0.05, 0) is 30.9 Å². The van der Waals surface area contributed by atoms with Crippen molar-refractivity contribution in [3.05, 3.63) is 54.7 Å². The lowest BCUT2D eigenvalue weighted by atomic mass is 10.1. The van der Waals surface area contributed by atoms with E-state index in [0.29, 0.717) is 29.6 Å². The van der Waals surface area contributed by atoms with Crippen LogP contribution in [-0.2, 0) is 9.59 Å². The molecule has 1 fully saturated rings. The van der Waals surface area contributed by atoms with Crippen LogP contribution in [0.4, 0.5) is 5.95 Å². The average molecular weight is 477 g/mol. The van der Waals surface area contributed by atoms with Gasteiger partial charge in [-0.1, -0.05) is 44.2 Å². The number of methoxy groups -OCH3 is 2. The van der Waals surface area contributed by atoms with Gasteiger partial charge in [0.15, 0.2) is 11.5 Å². The molecule has 1 aliphatic rings. The Morgan fingerprint density at radius 1 is 1.09 bits per heavy atom. The molecule has 184 valence electrons. The second-order valence-corrected chi connectivity index (χ2v) is 9.12. The Labute approximate surface area is 205 Å². The van der Waals surface area contributed by atoms with E-state index >= 15 is 0 Å². The van der Waals surface area contributed by atoms with Gasteiger partial charge in [0.2, 0.25) is 17.8 Å². The number of amides is 2. The maximum absolute atomic E-state index is 13.1. The van der Waals surface area contributed by atoms with Crippen molar-refractivity contribution in [3.63, 3.8) is 0 Å². The van der Waals surface area contributed by atoms with Crippen LogP contribution in [0.3, 0.4) is 0 Å². The van der Waals surface area contributed by atoms with E-state index in [0.717, 1.165) is 24.1 Å². The van der Waals surface area contributed by atoms with E-state index in [9.17, 15) is 9.59 Å². The predicted octanol–water partition coefficient (Wildman–Crippen LogP) is 4.53. The molecule has 1 N–H and O–H groups in total. The molecular formula is C27H32N4O4. The standard InChI is InChI=1S/C27H32N4O4/c1-18(2)14-26(33)30(20-10-11-20)17-25(32)29-27-28-22(19-8-6-5-7-9-19)16-31(27)21-12-13-23(34-3)24(15-21)35-4/h5-9,12-13,15-16,18,20H,10-11,14,17H2,1-4H3,(H,28,29,32). The molecule has 1 saturated carbocycles. The molecule has 1 aromatic heterocycles. The molecule has 0 radical (unpaired) electrons. The molecular weight excluding hydrogens is 444 g/mol. The summed E-state index contributed by atoms with van der Waals surface area (Å²) in [6, 6.07) is 15.4. The minimum Gasteiger partial charge on any atom is -0.493 e. The van der Waals surface area contributed by atoms with Gasteiger partial charge in [-0.25, -0.2) is 4.98 Å². The van der Waals surface area contributed by atoms with Crippen LogP contribution in [0.15, 0.2) is 54.7 Å². The summed E-state index contributed by atoms with van der Waals surface area (Å²) in [4.78, 5) is 32.2. The van der Waals surface area contributed by atoms with Crippen LogP contribution < -0.4 is 14.8 Å². The van der Waals surface area contributed by atoms with Gasteiger partial charge >= 0.3 is 0 Å². The SMILES string of the molecule is COc1ccc(-n2cc(-c3ccccc3)nc2NC(=O)CN(C(=O)CC(C)C)C2CC2)cc1OC. The van der Waals surface area contributed by atoms with Crippen molar-refractivity contribution in [3.8, 4) is 28.4 Å². The van der Waals surface area contributed by atoms with E-state index in [1.165, 1.54) is 0 Å². The van der Waals surface area contributed by atoms with Crippen molar-refractivity contribution in [1.82, 2.24) is 14.5 Å². The minimum absolute atomic E-state index is 0.00961. The van der Waals surface area contributed by atoms with Gasteiger partial charge in [0.05, 0.1) is 25.6 Å². The fourth-order valence-electron chi connectivity index (χ4n) is 3.98. The Kier molecular flexibility index (Phi) is 7.39. The molecule has 2 amide bonds. The van der Waals surface area contributed by atoms with Crippen molar-refractivity contribution in [2.24, 2.45) is 5.92 Å². The highest BCUT2D eigenvalue weighted by Crippen LogP contribution is 2.32. The molecule has 1 aliphatic carbocycles. The molecule has 35 heavy (non-hydrogen) atoms. The average Bonchev–Trinajstić information content (AvgIpc) is 3.61. The van der Waals surface area contributed by atoms with Crippen molar-refractivity contribution < 1.29 is 19.1 Å². The first kappa shape index (κ1) is 24.3. The third-order valence-corrected chi connectivity index (χ3v) is 5.88. The molecule has 8 heteroatoms. The molecule has 0 spiro atoms. The number of ether oxygens (including phenoxy) is 2. The van der Waals surface area contributed by atoms with Gasteiger partial charge in [-0.2, -0.15) is 0 Å². The Morgan fingerprint density at radius 3 is 2.43 bits per heavy atom. The zero-order valence-electron chi connectivity index (χ0n) is 20.7. The highest BCUT2D eigenvalue weighted by atomic mass is 16.5. The monoisotopic (exact) mass is 476 g/mol. The summed E-state index contributed by atoms with van der Waals surface area (Å²) in [5, 5.41) is 2.93. The third kappa shape index (κ3) is 5.82. The molecule has 0 unspecified atom stereocenters. The summed E-state index contributed by atoms with van der Waals surface area (Å²) in [6.07, 6.45) is 4.18. The number of hydrogen-bond donors (Lipinski definition) is 1. The summed E-state index contributed by atoms with van der Waals surface area (Å²) in [5.74, 6) is 1.52. The zero-order chi connectivity index (χ0) is 24.9. The highest BCUT2D eigenvalue weighted by Gasteiger charge is 2.34. The van der Waals surface area contributed by atoms with E-state index in [4.69, 9.17) is 14.5 Å². The van der Waals surface area contributed by atoms with Crippen LogP contribution in [0.2, 0.25) is 0 Å². The van der Waals surface area contributed by atoms with E-state index < -0.39 is 0 Å². The fourth-order valence-corrected chi connectivity index (χ4v) is 3.98. The number of imidazole rings is 1. The summed E-state index contributed by atoms with van der Waals surface area (Å²) >= 11 is 0. The lowest BCUT2D eigenvalue weighted by Crippen LogP contribution is -2.40. The van der Waals surface area contributed by atoms with Crippen molar-refractivity contribution in [1.29, 1.82) is 0 Å². The van der Waals surface area contributed by atoms with Gasteiger partial charge in [0.1, 0.15) is 6.54 Å². The van der Waals surface area contributed by atoms with Gasteiger partial charge in [-0.3, -0.25) is 19.5 Å². The first-order chi connectivity index (χ1) is 16.9. The Balaban J connectivity index is 1.63. The van der Waals surface area contributed by atoms with Crippen molar-refractivity contribution in [2.75, 3.05) is 26.1 Å². The number of benzene rings is 2. The Hall–Kier alpha value is -3.81. The second-order valence-electron chi connectivity index (χ2n) is 9.12. The predicted molar refractivity (Wildman–Crippen MR) is 135 cm³/mol. The molecule has 8 nitrogen and oxygen atoms in total. The lowest BCUT2D eigenvalue weighted by Gasteiger charge is -2.23. The first-order valence-corrected chi connectivity index (χ1v) is 11.9. The number of aromatic nitrogens is 2. The van der Waals surface area contributed by atoms with E-state index in [1.54, 1.807) is 29.8 Å². The van der Waals surface area contributed by atoms with Crippen LogP contribution in [0.25, 0.3) is 16.9 Å². The number of carbonyl (C=O) groups excluding carboxylic acids is 2. The maximum atomic E-state index is 13.1. The van der Waals surface area contributed by atoms with Gasteiger partial charge in [0.25, 0.3) is 0 Å². The molecule has 1 heterocycles. The molecule has 0 atom stereocenters.